The highest BCUT2D eigenvalue weighted by molar-refractivity contribution is 5.62. The molecule has 0 fully saturated rings. The molecule has 7 heteroatoms. The number of rotatable bonds is 5. The Balaban J connectivity index is 1.79. The van der Waals surface area contributed by atoms with Crippen molar-refractivity contribution in [3.8, 4) is 5.75 Å². The fourth-order valence-corrected chi connectivity index (χ4v) is 2.07. The van der Waals surface area contributed by atoms with Gasteiger partial charge >= 0.3 is 0 Å². The van der Waals surface area contributed by atoms with Gasteiger partial charge in [0.15, 0.2) is 5.82 Å². The van der Waals surface area contributed by atoms with Crippen molar-refractivity contribution in [2.45, 2.75) is 13.8 Å². The molecule has 0 atom stereocenters. The molecule has 0 aliphatic rings. The zero-order chi connectivity index (χ0) is 16.2. The Labute approximate surface area is 133 Å². The fraction of sp³-hybridized carbons (Fsp3) is 0.188. The summed E-state index contributed by atoms with van der Waals surface area (Å²) in [5.41, 5.74) is 0.909. The second-order valence-corrected chi connectivity index (χ2v) is 4.99. The van der Waals surface area contributed by atoms with E-state index in [-0.39, 0.29) is 0 Å². The fourth-order valence-electron chi connectivity index (χ4n) is 2.07. The summed E-state index contributed by atoms with van der Waals surface area (Å²) in [6.07, 6.45) is 0. The maximum absolute atomic E-state index is 5.15. The third-order valence-electron chi connectivity index (χ3n) is 3.08. The largest absolute Gasteiger partial charge is 0.497 e. The van der Waals surface area contributed by atoms with Crippen LogP contribution in [0.15, 0.2) is 40.9 Å². The highest BCUT2D eigenvalue weighted by Gasteiger charge is 2.06. The molecule has 0 spiro atoms. The van der Waals surface area contributed by atoms with Crippen molar-refractivity contribution in [2.24, 2.45) is 0 Å². The maximum atomic E-state index is 5.15. The molecular weight excluding hydrogens is 294 g/mol. The zero-order valence-electron chi connectivity index (χ0n) is 13.1. The SMILES string of the molecule is COc1ccc(Nc2cc(Nc3cc(C)on3)nc(C)n2)cc1. The minimum atomic E-state index is 0.607. The second-order valence-electron chi connectivity index (χ2n) is 4.99. The lowest BCUT2D eigenvalue weighted by molar-refractivity contribution is 0.400. The minimum Gasteiger partial charge on any atom is -0.497 e. The molecule has 23 heavy (non-hydrogen) atoms. The number of nitrogens with one attached hydrogen (secondary N) is 2. The van der Waals surface area contributed by atoms with Crippen molar-refractivity contribution in [3.63, 3.8) is 0 Å². The quantitative estimate of drug-likeness (QED) is 0.745. The Kier molecular flexibility index (Phi) is 4.09. The predicted molar refractivity (Wildman–Crippen MR) is 87.6 cm³/mol. The van der Waals surface area contributed by atoms with E-state index in [0.717, 1.165) is 17.2 Å². The van der Waals surface area contributed by atoms with E-state index >= 15 is 0 Å². The number of nitrogens with zero attached hydrogens (tertiary/aromatic N) is 3. The van der Waals surface area contributed by atoms with Crippen molar-refractivity contribution < 1.29 is 9.26 Å². The van der Waals surface area contributed by atoms with E-state index < -0.39 is 0 Å². The normalized spacial score (nSPS) is 10.4. The molecule has 0 saturated heterocycles. The summed E-state index contributed by atoms with van der Waals surface area (Å²) in [7, 11) is 1.64. The Morgan fingerprint density at radius 1 is 0.913 bits per heavy atom. The van der Waals surface area contributed by atoms with Crippen LogP contribution >= 0.6 is 0 Å². The molecule has 118 valence electrons. The van der Waals surface area contributed by atoms with Gasteiger partial charge in [-0.3, -0.25) is 0 Å². The molecule has 1 aromatic carbocycles. The molecule has 7 nitrogen and oxygen atoms in total. The van der Waals surface area contributed by atoms with Crippen LogP contribution in [-0.2, 0) is 0 Å². The molecule has 2 N–H and O–H groups in total. The van der Waals surface area contributed by atoms with Crippen LogP contribution in [0.4, 0.5) is 23.1 Å². The van der Waals surface area contributed by atoms with Gasteiger partial charge in [0.25, 0.3) is 0 Å². The van der Waals surface area contributed by atoms with Crippen molar-refractivity contribution in [2.75, 3.05) is 17.7 Å². The van der Waals surface area contributed by atoms with E-state index in [1.54, 1.807) is 19.2 Å². The van der Waals surface area contributed by atoms with Crippen molar-refractivity contribution >= 4 is 23.1 Å². The second kappa shape index (κ2) is 6.35. The number of aryl methyl sites for hydroxylation is 2. The van der Waals surface area contributed by atoms with Gasteiger partial charge in [-0.15, -0.1) is 0 Å². The summed E-state index contributed by atoms with van der Waals surface area (Å²) in [5.74, 6) is 4.11. The van der Waals surface area contributed by atoms with Gasteiger partial charge in [0, 0.05) is 17.8 Å². The summed E-state index contributed by atoms with van der Waals surface area (Å²) in [6, 6.07) is 11.2. The molecule has 0 aliphatic heterocycles. The van der Waals surface area contributed by atoms with Crippen molar-refractivity contribution in [3.05, 3.63) is 48.0 Å². The first-order chi connectivity index (χ1) is 11.1. The first-order valence-electron chi connectivity index (χ1n) is 7.09. The van der Waals surface area contributed by atoms with Crippen LogP contribution in [-0.4, -0.2) is 22.2 Å². The van der Waals surface area contributed by atoms with Crippen LogP contribution in [0.2, 0.25) is 0 Å². The summed E-state index contributed by atoms with van der Waals surface area (Å²) >= 11 is 0. The topological polar surface area (TPSA) is 85.1 Å². The van der Waals surface area contributed by atoms with Crippen molar-refractivity contribution in [1.82, 2.24) is 15.1 Å². The molecular formula is C16H17N5O2. The Morgan fingerprint density at radius 3 is 2.22 bits per heavy atom. The summed E-state index contributed by atoms with van der Waals surface area (Å²) in [5, 5.41) is 10.2. The lowest BCUT2D eigenvalue weighted by Crippen LogP contribution is -2.01. The van der Waals surface area contributed by atoms with E-state index in [1.807, 2.05) is 38.1 Å². The maximum Gasteiger partial charge on any atom is 0.175 e. The zero-order valence-corrected chi connectivity index (χ0v) is 13.1. The first-order valence-corrected chi connectivity index (χ1v) is 7.09. The van der Waals surface area contributed by atoms with E-state index in [4.69, 9.17) is 9.26 Å². The third kappa shape index (κ3) is 3.76. The van der Waals surface area contributed by atoms with Gasteiger partial charge in [0.1, 0.15) is 29.0 Å². The van der Waals surface area contributed by atoms with Crippen LogP contribution in [0.5, 0.6) is 5.75 Å². The molecule has 2 aromatic heterocycles. The lowest BCUT2D eigenvalue weighted by Gasteiger charge is -2.09. The summed E-state index contributed by atoms with van der Waals surface area (Å²) < 4.78 is 10.2. The number of methoxy groups -OCH3 is 1. The Hall–Kier alpha value is -3.09. The van der Waals surface area contributed by atoms with Gasteiger partial charge in [-0.2, -0.15) is 0 Å². The highest BCUT2D eigenvalue weighted by Crippen LogP contribution is 2.22. The first kappa shape index (κ1) is 14.8. The smallest absolute Gasteiger partial charge is 0.175 e. The van der Waals surface area contributed by atoms with Crippen LogP contribution in [0, 0.1) is 13.8 Å². The molecule has 0 aliphatic carbocycles. The molecule has 3 aromatic rings. The third-order valence-corrected chi connectivity index (χ3v) is 3.08. The number of ether oxygens (including phenoxy) is 1. The predicted octanol–water partition coefficient (Wildman–Crippen LogP) is 3.58. The number of hydrogen-bond donors (Lipinski definition) is 2. The highest BCUT2D eigenvalue weighted by atomic mass is 16.5. The van der Waals surface area contributed by atoms with Crippen LogP contribution in [0.1, 0.15) is 11.6 Å². The van der Waals surface area contributed by atoms with Crippen LogP contribution in [0.3, 0.4) is 0 Å². The average Bonchev–Trinajstić information content (AvgIpc) is 2.92. The Morgan fingerprint density at radius 2 is 1.61 bits per heavy atom. The summed E-state index contributed by atoms with van der Waals surface area (Å²) in [6.45, 7) is 3.67. The van der Waals surface area contributed by atoms with E-state index in [2.05, 4.69) is 25.8 Å². The standard InChI is InChI=1S/C16H17N5O2/c1-10-8-16(21-23-10)20-15-9-14(17-11(2)18-15)19-12-4-6-13(22-3)7-5-12/h4-9H,1-3H3,(H2,17,18,19,20,21). The molecule has 0 radical (unpaired) electrons. The molecule has 2 heterocycles. The van der Waals surface area contributed by atoms with Crippen LogP contribution < -0.4 is 15.4 Å². The lowest BCUT2D eigenvalue weighted by atomic mass is 10.3. The van der Waals surface area contributed by atoms with E-state index in [0.29, 0.717) is 23.3 Å². The van der Waals surface area contributed by atoms with Crippen LogP contribution in [0.25, 0.3) is 0 Å². The van der Waals surface area contributed by atoms with Gasteiger partial charge in [-0.05, 0) is 38.1 Å². The number of benzene rings is 1. The minimum absolute atomic E-state index is 0.607. The van der Waals surface area contributed by atoms with Gasteiger partial charge in [0.2, 0.25) is 0 Å². The number of anilines is 4. The van der Waals surface area contributed by atoms with Gasteiger partial charge in [-0.1, -0.05) is 5.16 Å². The van der Waals surface area contributed by atoms with Gasteiger partial charge in [-0.25, -0.2) is 9.97 Å². The Bertz CT molecular complexity index is 798. The monoisotopic (exact) mass is 311 g/mol. The number of aromatic nitrogens is 3. The van der Waals surface area contributed by atoms with E-state index in [9.17, 15) is 0 Å². The van der Waals surface area contributed by atoms with E-state index in [1.165, 1.54) is 0 Å². The molecule has 0 amide bonds. The van der Waals surface area contributed by atoms with Gasteiger partial charge in [0.05, 0.1) is 7.11 Å². The average molecular weight is 311 g/mol. The molecule has 0 bridgehead atoms. The van der Waals surface area contributed by atoms with Crippen molar-refractivity contribution in [1.29, 1.82) is 0 Å². The molecule has 0 unspecified atom stereocenters. The molecule has 0 saturated carbocycles. The summed E-state index contributed by atoms with van der Waals surface area (Å²) in [4.78, 5) is 8.72. The van der Waals surface area contributed by atoms with Gasteiger partial charge < -0.3 is 19.9 Å². The molecule has 3 rings (SSSR count). The number of hydrogen-bond acceptors (Lipinski definition) is 7.